The molecule has 0 aliphatic carbocycles. The number of primary amides is 1. The number of rotatable bonds is 8. The van der Waals surface area contributed by atoms with Crippen molar-refractivity contribution in [1.29, 1.82) is 0 Å². The van der Waals surface area contributed by atoms with Gasteiger partial charge in [0.1, 0.15) is 18.1 Å². The second-order valence-electron chi connectivity index (χ2n) is 6.29. The van der Waals surface area contributed by atoms with E-state index in [1.54, 1.807) is 24.3 Å². The van der Waals surface area contributed by atoms with Crippen LogP contribution in [0, 0.1) is 0 Å². The molecular weight excluding hydrogens is 352 g/mol. The zero-order chi connectivity index (χ0) is 19.4. The number of ether oxygens (including phenoxy) is 3. The third-order valence-corrected chi connectivity index (χ3v) is 4.17. The summed E-state index contributed by atoms with van der Waals surface area (Å²) in [5, 5.41) is 23.1. The van der Waals surface area contributed by atoms with Crippen molar-refractivity contribution in [3.63, 3.8) is 0 Å². The minimum absolute atomic E-state index is 0.0225. The van der Waals surface area contributed by atoms with E-state index in [0.717, 1.165) is 0 Å². The number of fused-ring (bicyclic) bond motifs is 1. The Kier molecular flexibility index (Phi) is 5.68. The topological polar surface area (TPSA) is 123 Å². The summed E-state index contributed by atoms with van der Waals surface area (Å²) in [6, 6.07) is 9.59. The second kappa shape index (κ2) is 8.15. The molecule has 8 heteroatoms. The lowest BCUT2D eigenvalue weighted by atomic mass is 10.0. The maximum absolute atomic E-state index is 11.3. The lowest BCUT2D eigenvalue weighted by Gasteiger charge is -2.18. The van der Waals surface area contributed by atoms with Crippen molar-refractivity contribution in [1.82, 2.24) is 5.32 Å². The van der Waals surface area contributed by atoms with Crippen molar-refractivity contribution in [3.05, 3.63) is 47.5 Å². The lowest BCUT2D eigenvalue weighted by Crippen LogP contribution is -2.35. The van der Waals surface area contributed by atoms with Crippen LogP contribution >= 0.6 is 0 Å². The molecular formula is C19H22N2O6. The zero-order valence-corrected chi connectivity index (χ0v) is 14.8. The number of aliphatic hydroxyl groups is 1. The molecule has 0 bridgehead atoms. The maximum Gasteiger partial charge on any atom is 0.252 e. The van der Waals surface area contributed by atoms with E-state index in [0.29, 0.717) is 29.4 Å². The van der Waals surface area contributed by atoms with Gasteiger partial charge in [0.25, 0.3) is 5.91 Å². The van der Waals surface area contributed by atoms with Gasteiger partial charge in [0.15, 0.2) is 11.5 Å². The molecule has 0 saturated heterocycles. The van der Waals surface area contributed by atoms with Gasteiger partial charge in [0.2, 0.25) is 6.79 Å². The Hall–Kier alpha value is -2.97. The normalized spacial score (nSPS) is 14.6. The van der Waals surface area contributed by atoms with Crippen molar-refractivity contribution in [3.8, 4) is 23.0 Å². The van der Waals surface area contributed by atoms with Crippen molar-refractivity contribution in [2.24, 2.45) is 5.73 Å². The average Bonchev–Trinajstić information content (AvgIpc) is 3.12. The Labute approximate surface area is 156 Å². The number of amides is 1. The molecule has 8 nitrogen and oxygen atoms in total. The summed E-state index contributed by atoms with van der Waals surface area (Å²) in [7, 11) is 0. The SMILES string of the molecule is CC(COc1ccc2c(c1)OCO2)NCC(O)c1ccc(O)c(C(N)=O)c1. The zero-order valence-electron chi connectivity index (χ0n) is 14.8. The Balaban J connectivity index is 1.49. The monoisotopic (exact) mass is 374 g/mol. The largest absolute Gasteiger partial charge is 0.507 e. The van der Waals surface area contributed by atoms with Crippen LogP contribution in [-0.2, 0) is 0 Å². The van der Waals surface area contributed by atoms with Crippen LogP contribution in [0.4, 0.5) is 0 Å². The fraction of sp³-hybridized carbons (Fsp3) is 0.316. The number of phenols is 1. The van der Waals surface area contributed by atoms with Crippen LogP contribution in [0.15, 0.2) is 36.4 Å². The van der Waals surface area contributed by atoms with Crippen LogP contribution in [0.25, 0.3) is 0 Å². The molecule has 5 N–H and O–H groups in total. The van der Waals surface area contributed by atoms with Crippen LogP contribution in [0.1, 0.15) is 28.9 Å². The van der Waals surface area contributed by atoms with Crippen LogP contribution < -0.4 is 25.3 Å². The van der Waals surface area contributed by atoms with Gasteiger partial charge in [-0.1, -0.05) is 6.07 Å². The van der Waals surface area contributed by atoms with Gasteiger partial charge in [-0.2, -0.15) is 0 Å². The summed E-state index contributed by atoms with van der Waals surface area (Å²) < 4.78 is 16.3. The summed E-state index contributed by atoms with van der Waals surface area (Å²) >= 11 is 0. The van der Waals surface area contributed by atoms with Gasteiger partial charge in [0, 0.05) is 18.7 Å². The fourth-order valence-corrected chi connectivity index (χ4v) is 2.64. The van der Waals surface area contributed by atoms with Crippen LogP contribution in [-0.4, -0.2) is 42.1 Å². The highest BCUT2D eigenvalue weighted by molar-refractivity contribution is 5.95. The first-order chi connectivity index (χ1) is 12.9. The highest BCUT2D eigenvalue weighted by atomic mass is 16.7. The summed E-state index contributed by atoms with van der Waals surface area (Å²) in [6.45, 7) is 2.76. The molecule has 27 heavy (non-hydrogen) atoms. The van der Waals surface area contributed by atoms with Crippen LogP contribution in [0.5, 0.6) is 23.0 Å². The number of carbonyl (C=O) groups is 1. The first-order valence-corrected chi connectivity index (χ1v) is 8.50. The predicted octanol–water partition coefficient (Wildman–Crippen LogP) is 1.31. The van der Waals surface area contributed by atoms with Gasteiger partial charge in [-0.3, -0.25) is 4.79 Å². The van der Waals surface area contributed by atoms with Crippen molar-refractivity contribution in [2.45, 2.75) is 19.1 Å². The molecule has 0 aromatic heterocycles. The quantitative estimate of drug-likeness (QED) is 0.549. The van der Waals surface area contributed by atoms with E-state index < -0.39 is 12.0 Å². The Morgan fingerprint density at radius 2 is 2.04 bits per heavy atom. The molecule has 0 spiro atoms. The number of aliphatic hydroxyl groups excluding tert-OH is 1. The molecule has 1 amide bonds. The molecule has 2 atom stereocenters. The molecule has 3 rings (SSSR count). The molecule has 1 aliphatic heterocycles. The van der Waals surface area contributed by atoms with E-state index >= 15 is 0 Å². The molecule has 0 radical (unpaired) electrons. The van der Waals surface area contributed by atoms with E-state index in [2.05, 4.69) is 5.32 Å². The molecule has 1 aliphatic rings. The summed E-state index contributed by atoms with van der Waals surface area (Å²) in [6.07, 6.45) is -0.864. The first-order valence-electron chi connectivity index (χ1n) is 8.50. The molecule has 0 fully saturated rings. The summed E-state index contributed by atoms with van der Waals surface area (Å²) in [5.41, 5.74) is 5.67. The summed E-state index contributed by atoms with van der Waals surface area (Å²) in [4.78, 5) is 11.3. The van der Waals surface area contributed by atoms with E-state index in [4.69, 9.17) is 19.9 Å². The number of aromatic hydroxyl groups is 1. The average molecular weight is 374 g/mol. The van der Waals surface area contributed by atoms with Crippen LogP contribution in [0.3, 0.4) is 0 Å². The predicted molar refractivity (Wildman–Crippen MR) is 97.1 cm³/mol. The molecule has 2 aromatic carbocycles. The number of benzene rings is 2. The first kappa shape index (κ1) is 18.8. The molecule has 1 heterocycles. The van der Waals surface area contributed by atoms with Gasteiger partial charge in [-0.15, -0.1) is 0 Å². The maximum atomic E-state index is 11.3. The fourth-order valence-electron chi connectivity index (χ4n) is 2.64. The highest BCUT2D eigenvalue weighted by Crippen LogP contribution is 2.35. The Morgan fingerprint density at radius 1 is 1.26 bits per heavy atom. The smallest absolute Gasteiger partial charge is 0.252 e. The van der Waals surface area contributed by atoms with E-state index in [1.165, 1.54) is 12.1 Å². The van der Waals surface area contributed by atoms with E-state index in [9.17, 15) is 15.0 Å². The Bertz CT molecular complexity index is 826. The molecule has 0 saturated carbocycles. The third-order valence-electron chi connectivity index (χ3n) is 4.17. The Morgan fingerprint density at radius 3 is 2.81 bits per heavy atom. The molecule has 2 unspecified atom stereocenters. The van der Waals surface area contributed by atoms with Crippen molar-refractivity contribution >= 4 is 5.91 Å². The van der Waals surface area contributed by atoms with Gasteiger partial charge in [-0.25, -0.2) is 0 Å². The second-order valence-corrected chi connectivity index (χ2v) is 6.29. The van der Waals surface area contributed by atoms with Gasteiger partial charge < -0.3 is 35.5 Å². The summed E-state index contributed by atoms with van der Waals surface area (Å²) in [5.74, 6) is 1.05. The van der Waals surface area contributed by atoms with Crippen molar-refractivity contribution < 1.29 is 29.2 Å². The standard InChI is InChI=1S/C19H22N2O6/c1-11(9-25-13-3-5-17-18(7-13)27-10-26-17)21-8-16(23)12-2-4-15(22)14(6-12)19(20)24/h2-7,11,16,21-23H,8-10H2,1H3,(H2,20,24). The number of nitrogens with two attached hydrogens (primary N) is 1. The van der Waals surface area contributed by atoms with Gasteiger partial charge in [0.05, 0.1) is 11.7 Å². The number of carbonyl (C=O) groups excluding carboxylic acids is 1. The minimum Gasteiger partial charge on any atom is -0.507 e. The molecule has 144 valence electrons. The third kappa shape index (κ3) is 4.60. The number of hydrogen-bond acceptors (Lipinski definition) is 7. The number of hydrogen-bond donors (Lipinski definition) is 4. The van der Waals surface area contributed by atoms with E-state index in [-0.39, 0.29) is 30.7 Å². The van der Waals surface area contributed by atoms with Gasteiger partial charge in [-0.05, 0) is 36.8 Å². The van der Waals surface area contributed by atoms with Gasteiger partial charge >= 0.3 is 0 Å². The highest BCUT2D eigenvalue weighted by Gasteiger charge is 2.16. The lowest BCUT2D eigenvalue weighted by molar-refractivity contribution is 0.0997. The number of nitrogens with one attached hydrogen (secondary N) is 1. The minimum atomic E-state index is -0.864. The van der Waals surface area contributed by atoms with Crippen molar-refractivity contribution in [2.75, 3.05) is 19.9 Å². The van der Waals surface area contributed by atoms with E-state index in [1.807, 2.05) is 6.92 Å². The molecule has 2 aromatic rings. The van der Waals surface area contributed by atoms with Crippen LogP contribution in [0.2, 0.25) is 0 Å².